The number of hydrogen-bond donors (Lipinski definition) is 1. The van der Waals surface area contributed by atoms with Crippen LogP contribution in [0.25, 0.3) is 5.57 Å². The van der Waals surface area contributed by atoms with Gasteiger partial charge in [-0.05, 0) is 97.3 Å². The van der Waals surface area contributed by atoms with Gasteiger partial charge in [-0.1, -0.05) is 23.2 Å². The molecule has 1 aromatic carbocycles. The minimum Gasteiger partial charge on any atom is -0.444 e. The lowest BCUT2D eigenvalue weighted by atomic mass is 9.86. The summed E-state index contributed by atoms with van der Waals surface area (Å²) < 4.78 is 6.45. The Morgan fingerprint density at radius 3 is 2.61 bits per heavy atom. The lowest BCUT2D eigenvalue weighted by Crippen LogP contribution is -2.52. The number of benzene rings is 1. The highest BCUT2D eigenvalue weighted by Crippen LogP contribution is 2.40. The maximum atomic E-state index is 12.8. The van der Waals surface area contributed by atoms with Crippen LogP contribution in [0.3, 0.4) is 0 Å². The number of carbonyl (C=O) groups excluding carboxylic acids is 2. The molecule has 0 spiro atoms. The number of piperidine rings is 1. The molecule has 2 amide bonds. The number of ether oxygens (including phenoxy) is 1. The van der Waals surface area contributed by atoms with Crippen LogP contribution >= 0.6 is 27.5 Å². The fraction of sp³-hybridized carbons (Fsp3) is 0.400. The number of pyridine rings is 1. The van der Waals surface area contributed by atoms with Gasteiger partial charge < -0.3 is 10.5 Å². The number of primary amides is 1. The first-order valence-corrected chi connectivity index (χ1v) is 12.1. The number of nitrogens with two attached hydrogens (primary N) is 1. The van der Waals surface area contributed by atoms with Crippen LogP contribution in [0.5, 0.6) is 0 Å². The summed E-state index contributed by atoms with van der Waals surface area (Å²) in [6.07, 6.45) is 3.87. The van der Waals surface area contributed by atoms with E-state index in [1.54, 1.807) is 27.0 Å². The van der Waals surface area contributed by atoms with Gasteiger partial charge in [0.25, 0.3) is 0 Å². The van der Waals surface area contributed by atoms with Gasteiger partial charge in [0.2, 0.25) is 5.91 Å². The van der Waals surface area contributed by atoms with Crippen molar-refractivity contribution in [3.05, 3.63) is 67.9 Å². The van der Waals surface area contributed by atoms with E-state index in [-0.39, 0.29) is 0 Å². The normalized spacial score (nSPS) is 20.5. The van der Waals surface area contributed by atoms with E-state index in [2.05, 4.69) is 22.0 Å². The molecular formula is C25H27BrClN3O3. The number of aryl methyl sites for hydroxylation is 2. The van der Waals surface area contributed by atoms with Gasteiger partial charge in [-0.25, -0.2) is 4.79 Å². The molecule has 1 aromatic heterocycles. The number of halogens is 2. The summed E-state index contributed by atoms with van der Waals surface area (Å²) >= 11 is 9.85. The quantitative estimate of drug-likeness (QED) is 0.541. The van der Waals surface area contributed by atoms with Crippen molar-refractivity contribution in [2.75, 3.05) is 6.54 Å². The van der Waals surface area contributed by atoms with Crippen LogP contribution in [-0.4, -0.2) is 40.1 Å². The topological polar surface area (TPSA) is 85.5 Å². The molecule has 2 aromatic rings. The third-order valence-corrected chi connectivity index (χ3v) is 6.62. The molecule has 0 radical (unpaired) electrons. The standard InChI is InChI=1S/C25H27BrClN3O3/c1-25(2,3)33-24(32)30-9-8-15(12-20(30)23(28)31)21-19-7-6-18(27)11-14(19)4-5-16-10-17(26)13-29-22(16)21/h6-7,10-11,13,20H,4-5,8-9,12H2,1-3H3,(H2,28,31)/b21-15+. The van der Waals surface area contributed by atoms with E-state index in [4.69, 9.17) is 27.1 Å². The third kappa shape index (κ3) is 5.09. The number of hydrogen-bond acceptors (Lipinski definition) is 4. The number of amides is 2. The van der Waals surface area contributed by atoms with Gasteiger partial charge in [0.05, 0.1) is 5.69 Å². The number of aromatic nitrogens is 1. The van der Waals surface area contributed by atoms with Gasteiger partial charge in [0, 0.05) is 27.8 Å². The molecule has 1 fully saturated rings. The van der Waals surface area contributed by atoms with E-state index in [0.29, 0.717) is 24.4 Å². The summed E-state index contributed by atoms with van der Waals surface area (Å²) in [7, 11) is 0. The highest BCUT2D eigenvalue weighted by atomic mass is 79.9. The second-order valence-electron chi connectivity index (χ2n) is 9.49. The number of likely N-dealkylation sites (tertiary alicyclic amines) is 1. The zero-order valence-corrected chi connectivity index (χ0v) is 21.3. The predicted molar refractivity (Wildman–Crippen MR) is 132 cm³/mol. The molecule has 2 heterocycles. The first kappa shape index (κ1) is 23.8. The van der Waals surface area contributed by atoms with Gasteiger partial charge in [-0.15, -0.1) is 0 Å². The largest absolute Gasteiger partial charge is 0.444 e. The molecule has 6 nitrogen and oxygen atoms in total. The van der Waals surface area contributed by atoms with Crippen LogP contribution in [0, 0.1) is 0 Å². The average molecular weight is 533 g/mol. The molecule has 2 N–H and O–H groups in total. The smallest absolute Gasteiger partial charge is 0.410 e. The van der Waals surface area contributed by atoms with Crippen molar-refractivity contribution in [3.8, 4) is 0 Å². The van der Waals surface area contributed by atoms with Gasteiger partial charge in [-0.2, -0.15) is 0 Å². The van der Waals surface area contributed by atoms with E-state index < -0.39 is 23.6 Å². The Balaban J connectivity index is 1.82. The van der Waals surface area contributed by atoms with E-state index in [1.807, 2.05) is 18.2 Å². The van der Waals surface area contributed by atoms with Crippen molar-refractivity contribution < 1.29 is 14.3 Å². The van der Waals surface area contributed by atoms with E-state index in [1.165, 1.54) is 4.90 Å². The van der Waals surface area contributed by atoms with E-state index in [9.17, 15) is 9.59 Å². The fourth-order valence-electron chi connectivity index (χ4n) is 4.54. The van der Waals surface area contributed by atoms with Crippen molar-refractivity contribution in [1.29, 1.82) is 0 Å². The first-order chi connectivity index (χ1) is 15.5. The molecule has 1 atom stereocenters. The van der Waals surface area contributed by atoms with Gasteiger partial charge in [0.1, 0.15) is 11.6 Å². The summed E-state index contributed by atoms with van der Waals surface area (Å²) in [4.78, 5) is 31.4. The van der Waals surface area contributed by atoms with E-state index >= 15 is 0 Å². The first-order valence-electron chi connectivity index (χ1n) is 11.0. The fourth-order valence-corrected chi connectivity index (χ4v) is 5.12. The highest BCUT2D eigenvalue weighted by molar-refractivity contribution is 9.10. The van der Waals surface area contributed by atoms with Crippen LogP contribution in [0.4, 0.5) is 4.79 Å². The molecule has 1 aliphatic heterocycles. The molecule has 8 heteroatoms. The molecule has 2 aliphatic rings. The minimum atomic E-state index is -0.783. The second kappa shape index (κ2) is 9.11. The molecule has 33 heavy (non-hydrogen) atoms. The van der Waals surface area contributed by atoms with Gasteiger partial charge in [0.15, 0.2) is 0 Å². The number of nitrogens with zero attached hydrogens (tertiary/aromatic N) is 2. The zero-order chi connectivity index (χ0) is 23.9. The van der Waals surface area contributed by atoms with Gasteiger partial charge >= 0.3 is 6.09 Å². The molecule has 1 saturated heterocycles. The zero-order valence-electron chi connectivity index (χ0n) is 19.0. The molecule has 1 unspecified atom stereocenters. The Labute approximate surface area is 207 Å². The lowest BCUT2D eigenvalue weighted by molar-refractivity contribution is -0.123. The van der Waals surface area contributed by atoms with Crippen LogP contribution in [0.2, 0.25) is 5.02 Å². The summed E-state index contributed by atoms with van der Waals surface area (Å²) in [5.74, 6) is -0.549. The summed E-state index contributed by atoms with van der Waals surface area (Å²) in [6.45, 7) is 5.75. The number of carbonyl (C=O) groups is 2. The average Bonchev–Trinajstić information content (AvgIpc) is 2.88. The Kier molecular flexibility index (Phi) is 6.56. The summed E-state index contributed by atoms with van der Waals surface area (Å²) in [5.41, 5.74) is 11.4. The Bertz CT molecular complexity index is 1100. The van der Waals surface area contributed by atoms with Crippen molar-refractivity contribution in [2.45, 2.75) is 58.1 Å². The Hall–Kier alpha value is -2.38. The number of rotatable bonds is 1. The molecular weight excluding hydrogens is 506 g/mol. The monoisotopic (exact) mass is 531 g/mol. The number of fused-ring (bicyclic) bond motifs is 2. The van der Waals surface area contributed by atoms with Crippen molar-refractivity contribution in [2.24, 2.45) is 5.73 Å². The molecule has 0 bridgehead atoms. The Morgan fingerprint density at radius 1 is 1.18 bits per heavy atom. The van der Waals surface area contributed by atoms with Crippen molar-refractivity contribution >= 4 is 45.1 Å². The molecule has 0 saturated carbocycles. The van der Waals surface area contributed by atoms with Crippen LogP contribution < -0.4 is 5.73 Å². The molecule has 4 rings (SSSR count). The summed E-state index contributed by atoms with van der Waals surface area (Å²) in [6, 6.07) is 7.22. The van der Waals surface area contributed by atoms with Crippen LogP contribution in [-0.2, 0) is 22.4 Å². The second-order valence-corrected chi connectivity index (χ2v) is 10.8. The SMILES string of the molecule is CC(C)(C)OC(=O)N1CC/C(=C2/c3ccc(Cl)cc3CCc3cc(Br)cnc32)CC1C(N)=O. The maximum Gasteiger partial charge on any atom is 0.410 e. The van der Waals surface area contributed by atoms with Crippen molar-refractivity contribution in [3.63, 3.8) is 0 Å². The maximum absolute atomic E-state index is 12.8. The van der Waals surface area contributed by atoms with E-state index in [0.717, 1.165) is 50.8 Å². The summed E-state index contributed by atoms with van der Waals surface area (Å²) in [5, 5.41) is 0.688. The van der Waals surface area contributed by atoms with Gasteiger partial charge in [-0.3, -0.25) is 14.7 Å². The Morgan fingerprint density at radius 2 is 1.91 bits per heavy atom. The van der Waals surface area contributed by atoms with Crippen LogP contribution in [0.15, 0.2) is 40.5 Å². The molecule has 174 valence electrons. The molecule has 1 aliphatic carbocycles. The predicted octanol–water partition coefficient (Wildman–Crippen LogP) is 5.28. The van der Waals surface area contributed by atoms with Crippen LogP contribution in [0.1, 0.15) is 56.0 Å². The minimum absolute atomic E-state index is 0.336. The highest BCUT2D eigenvalue weighted by Gasteiger charge is 2.37. The third-order valence-electron chi connectivity index (χ3n) is 5.95. The van der Waals surface area contributed by atoms with Crippen molar-refractivity contribution in [1.82, 2.24) is 9.88 Å². The lowest BCUT2D eigenvalue weighted by Gasteiger charge is -2.37.